The third-order valence-corrected chi connectivity index (χ3v) is 4.23. The molecule has 0 radical (unpaired) electrons. The van der Waals surface area contributed by atoms with Crippen LogP contribution in [-0.2, 0) is 14.3 Å². The maximum atomic E-state index is 12.3. The Labute approximate surface area is 125 Å². The molecule has 0 heterocycles. The zero-order valence-corrected chi connectivity index (χ0v) is 12.8. The van der Waals surface area contributed by atoms with E-state index in [2.05, 4.69) is 0 Å². The van der Waals surface area contributed by atoms with Crippen LogP contribution in [0.3, 0.4) is 0 Å². The van der Waals surface area contributed by atoms with Gasteiger partial charge in [0, 0.05) is 0 Å². The summed E-state index contributed by atoms with van der Waals surface area (Å²) < 4.78 is 10.8. The van der Waals surface area contributed by atoms with Crippen molar-refractivity contribution < 1.29 is 19.1 Å². The molecule has 1 aliphatic carbocycles. The van der Waals surface area contributed by atoms with Gasteiger partial charge in [-0.1, -0.05) is 18.2 Å². The molecule has 2 rings (SSSR count). The van der Waals surface area contributed by atoms with Gasteiger partial charge in [0.1, 0.15) is 11.5 Å². The molecule has 0 bridgehead atoms. The lowest BCUT2D eigenvalue weighted by Gasteiger charge is -2.28. The molecule has 0 aliphatic heterocycles. The standard InChI is InChI=1S/C17H22O4/c1-4-20-16(19)17(3)11-7-10-14(17)21-15(18)13-9-6-5-8-12(13)2/h5-6,8-9,14H,4,7,10-11H2,1-3H3. The van der Waals surface area contributed by atoms with Crippen LogP contribution >= 0.6 is 0 Å². The minimum atomic E-state index is -0.728. The molecule has 0 saturated heterocycles. The van der Waals surface area contributed by atoms with Crippen LogP contribution < -0.4 is 0 Å². The average molecular weight is 290 g/mol. The number of carbonyl (C=O) groups is 2. The zero-order valence-electron chi connectivity index (χ0n) is 12.8. The summed E-state index contributed by atoms with van der Waals surface area (Å²) >= 11 is 0. The highest BCUT2D eigenvalue weighted by atomic mass is 16.6. The highest BCUT2D eigenvalue weighted by Gasteiger charge is 2.48. The van der Waals surface area contributed by atoms with Gasteiger partial charge in [0.15, 0.2) is 0 Å². The van der Waals surface area contributed by atoms with E-state index in [1.54, 1.807) is 13.0 Å². The minimum absolute atomic E-state index is 0.273. The van der Waals surface area contributed by atoms with Crippen molar-refractivity contribution in [3.63, 3.8) is 0 Å². The topological polar surface area (TPSA) is 52.6 Å². The van der Waals surface area contributed by atoms with Crippen molar-refractivity contribution in [3.05, 3.63) is 35.4 Å². The first kappa shape index (κ1) is 15.5. The minimum Gasteiger partial charge on any atom is -0.465 e. The number of carbonyl (C=O) groups excluding carboxylic acids is 2. The summed E-state index contributed by atoms with van der Waals surface area (Å²) in [4.78, 5) is 24.5. The van der Waals surface area contributed by atoms with Crippen LogP contribution in [0.25, 0.3) is 0 Å². The van der Waals surface area contributed by atoms with Gasteiger partial charge < -0.3 is 9.47 Å². The lowest BCUT2D eigenvalue weighted by Crippen LogP contribution is -2.39. The second-order valence-corrected chi connectivity index (χ2v) is 5.74. The van der Waals surface area contributed by atoms with Crippen LogP contribution in [0.15, 0.2) is 24.3 Å². The smallest absolute Gasteiger partial charge is 0.338 e. The van der Waals surface area contributed by atoms with Crippen LogP contribution in [0, 0.1) is 12.3 Å². The quantitative estimate of drug-likeness (QED) is 0.799. The van der Waals surface area contributed by atoms with Crippen molar-refractivity contribution in [1.82, 2.24) is 0 Å². The SMILES string of the molecule is CCOC(=O)C1(C)CCCC1OC(=O)c1ccccc1C. The fourth-order valence-electron chi connectivity index (χ4n) is 2.85. The molecule has 1 aliphatic rings. The second kappa shape index (κ2) is 6.29. The molecule has 114 valence electrons. The Kier molecular flexibility index (Phi) is 4.66. The highest BCUT2D eigenvalue weighted by Crippen LogP contribution is 2.41. The molecule has 0 N–H and O–H groups in total. The molecule has 4 nitrogen and oxygen atoms in total. The maximum Gasteiger partial charge on any atom is 0.338 e. The van der Waals surface area contributed by atoms with Crippen LogP contribution in [-0.4, -0.2) is 24.6 Å². The predicted molar refractivity (Wildman–Crippen MR) is 79.0 cm³/mol. The van der Waals surface area contributed by atoms with Gasteiger partial charge in [-0.2, -0.15) is 0 Å². The van der Waals surface area contributed by atoms with E-state index in [0.717, 1.165) is 12.0 Å². The number of ether oxygens (including phenoxy) is 2. The largest absolute Gasteiger partial charge is 0.465 e. The van der Waals surface area contributed by atoms with E-state index in [-0.39, 0.29) is 11.9 Å². The van der Waals surface area contributed by atoms with Crippen LogP contribution in [0.1, 0.15) is 49.0 Å². The Bertz CT molecular complexity index is 537. The van der Waals surface area contributed by atoms with E-state index in [9.17, 15) is 9.59 Å². The highest BCUT2D eigenvalue weighted by molar-refractivity contribution is 5.91. The summed E-state index contributed by atoms with van der Waals surface area (Å²) in [6.07, 6.45) is 1.84. The summed E-state index contributed by atoms with van der Waals surface area (Å²) in [5.41, 5.74) is 0.697. The van der Waals surface area contributed by atoms with Crippen molar-refractivity contribution in [2.24, 2.45) is 5.41 Å². The molecular weight excluding hydrogens is 268 g/mol. The van der Waals surface area contributed by atoms with E-state index in [1.807, 2.05) is 32.0 Å². The van der Waals surface area contributed by atoms with Crippen LogP contribution in [0.2, 0.25) is 0 Å². The van der Waals surface area contributed by atoms with Crippen LogP contribution in [0.4, 0.5) is 0 Å². The fraction of sp³-hybridized carbons (Fsp3) is 0.529. The van der Waals surface area contributed by atoms with E-state index < -0.39 is 11.5 Å². The predicted octanol–water partition coefficient (Wildman–Crippen LogP) is 3.27. The number of aryl methyl sites for hydroxylation is 1. The zero-order chi connectivity index (χ0) is 15.5. The lowest BCUT2D eigenvalue weighted by atomic mass is 9.86. The normalized spacial score (nSPS) is 24.6. The van der Waals surface area contributed by atoms with E-state index in [1.165, 1.54) is 0 Å². The van der Waals surface area contributed by atoms with E-state index >= 15 is 0 Å². The van der Waals surface area contributed by atoms with Crippen molar-refractivity contribution in [3.8, 4) is 0 Å². The molecule has 2 unspecified atom stereocenters. The number of rotatable bonds is 4. The molecule has 1 aromatic rings. The number of hydrogen-bond acceptors (Lipinski definition) is 4. The molecule has 2 atom stereocenters. The molecule has 0 amide bonds. The van der Waals surface area contributed by atoms with Gasteiger partial charge in [-0.25, -0.2) is 4.79 Å². The number of hydrogen-bond donors (Lipinski definition) is 0. The van der Waals surface area contributed by atoms with Gasteiger partial charge in [-0.15, -0.1) is 0 Å². The first-order valence-electron chi connectivity index (χ1n) is 7.43. The summed E-state index contributed by atoms with van der Waals surface area (Å²) in [6.45, 7) is 5.82. The molecule has 0 spiro atoms. The first-order valence-corrected chi connectivity index (χ1v) is 7.43. The Balaban J connectivity index is 2.13. The van der Waals surface area contributed by atoms with Crippen molar-refractivity contribution >= 4 is 11.9 Å². The third kappa shape index (κ3) is 3.09. The Morgan fingerprint density at radius 1 is 1.33 bits per heavy atom. The Morgan fingerprint density at radius 3 is 2.71 bits per heavy atom. The van der Waals surface area contributed by atoms with Gasteiger partial charge in [-0.05, 0) is 51.7 Å². The first-order chi connectivity index (χ1) is 9.99. The maximum absolute atomic E-state index is 12.3. The number of benzene rings is 1. The number of esters is 2. The summed E-state index contributed by atoms with van der Waals surface area (Å²) in [5, 5.41) is 0. The van der Waals surface area contributed by atoms with Gasteiger partial charge in [0.25, 0.3) is 0 Å². The molecule has 21 heavy (non-hydrogen) atoms. The van der Waals surface area contributed by atoms with Crippen molar-refractivity contribution in [1.29, 1.82) is 0 Å². The summed E-state index contributed by atoms with van der Waals surface area (Å²) in [7, 11) is 0. The van der Waals surface area contributed by atoms with Gasteiger partial charge in [0.05, 0.1) is 12.2 Å². The summed E-state index contributed by atoms with van der Waals surface area (Å²) in [5.74, 6) is -0.638. The van der Waals surface area contributed by atoms with Crippen molar-refractivity contribution in [2.45, 2.75) is 46.1 Å². The molecule has 1 aromatic carbocycles. The fourth-order valence-corrected chi connectivity index (χ4v) is 2.85. The molecular formula is C17H22O4. The Hall–Kier alpha value is -1.84. The molecule has 1 saturated carbocycles. The Morgan fingerprint density at radius 2 is 2.05 bits per heavy atom. The monoisotopic (exact) mass is 290 g/mol. The van der Waals surface area contributed by atoms with E-state index in [0.29, 0.717) is 25.0 Å². The molecule has 1 fully saturated rings. The van der Waals surface area contributed by atoms with Gasteiger partial charge in [0.2, 0.25) is 0 Å². The van der Waals surface area contributed by atoms with Gasteiger partial charge in [-0.3, -0.25) is 4.79 Å². The van der Waals surface area contributed by atoms with E-state index in [4.69, 9.17) is 9.47 Å². The third-order valence-electron chi connectivity index (χ3n) is 4.23. The second-order valence-electron chi connectivity index (χ2n) is 5.74. The van der Waals surface area contributed by atoms with Crippen molar-refractivity contribution in [2.75, 3.05) is 6.61 Å². The average Bonchev–Trinajstić information content (AvgIpc) is 2.82. The molecule has 4 heteroatoms. The lowest BCUT2D eigenvalue weighted by molar-refractivity contribution is -0.159. The molecule has 0 aromatic heterocycles. The summed E-state index contributed by atoms with van der Waals surface area (Å²) in [6, 6.07) is 7.30. The van der Waals surface area contributed by atoms with Gasteiger partial charge >= 0.3 is 11.9 Å². The van der Waals surface area contributed by atoms with Crippen LogP contribution in [0.5, 0.6) is 0 Å².